The van der Waals surface area contributed by atoms with E-state index in [0.717, 1.165) is 12.1 Å². The highest BCUT2D eigenvalue weighted by molar-refractivity contribution is 7.89. The van der Waals surface area contributed by atoms with Crippen LogP contribution in [0.1, 0.15) is 38.8 Å². The Morgan fingerprint density at radius 3 is 2.43 bits per heavy atom. The van der Waals surface area contributed by atoms with Gasteiger partial charge < -0.3 is 9.30 Å². The summed E-state index contributed by atoms with van der Waals surface area (Å²) >= 11 is 0. The number of hydrogen-bond acceptors (Lipinski definition) is 5. The normalized spacial score (nSPS) is 29.9. The smallest absolute Gasteiger partial charge is 0.254 e. The minimum absolute atomic E-state index is 0.0972. The van der Waals surface area contributed by atoms with Crippen molar-refractivity contribution in [1.29, 1.82) is 0 Å². The minimum Gasteiger partial charge on any atom is -0.487 e. The number of rotatable bonds is 5. The molecule has 0 aromatic carbocycles. The molecule has 7 nitrogen and oxygen atoms in total. The minimum atomic E-state index is -3.54. The van der Waals surface area contributed by atoms with Crippen LogP contribution in [0.15, 0.2) is 16.9 Å². The average Bonchev–Trinajstić information content (AvgIpc) is 2.89. The van der Waals surface area contributed by atoms with Gasteiger partial charge in [0, 0.05) is 30.6 Å². The number of fused-ring (bicyclic) bond motifs is 2. The summed E-state index contributed by atoms with van der Waals surface area (Å²) < 4.78 is 34.7. The van der Waals surface area contributed by atoms with E-state index in [2.05, 4.69) is 0 Å². The third-order valence-electron chi connectivity index (χ3n) is 7.56. The zero-order chi connectivity index (χ0) is 20.5. The highest BCUT2D eigenvalue weighted by Crippen LogP contribution is 2.64. The van der Waals surface area contributed by atoms with Gasteiger partial charge in [-0.1, -0.05) is 13.8 Å². The maximum atomic E-state index is 13.0. The maximum Gasteiger partial charge on any atom is 0.254 e. The van der Waals surface area contributed by atoms with E-state index < -0.39 is 15.4 Å². The van der Waals surface area contributed by atoms with Crippen LogP contribution in [0.2, 0.25) is 0 Å². The first-order chi connectivity index (χ1) is 13.0. The molecule has 28 heavy (non-hydrogen) atoms. The van der Waals surface area contributed by atoms with Gasteiger partial charge in [-0.05, 0) is 37.2 Å². The van der Waals surface area contributed by atoms with Crippen LogP contribution in [0.3, 0.4) is 0 Å². The number of ketones is 1. The van der Waals surface area contributed by atoms with Crippen molar-refractivity contribution >= 4 is 15.8 Å². The Morgan fingerprint density at radius 2 is 1.89 bits per heavy atom. The van der Waals surface area contributed by atoms with Gasteiger partial charge in [0.2, 0.25) is 10.0 Å². The molecule has 8 heteroatoms. The number of carbonyl (C=O) groups excluding carboxylic acids is 1. The topological polar surface area (TPSA) is 85.7 Å². The maximum absolute atomic E-state index is 13.0. The second-order valence-corrected chi connectivity index (χ2v) is 11.2. The lowest BCUT2D eigenvalue weighted by atomic mass is 9.70. The number of ether oxygens (including phenoxy) is 1. The molecule has 0 N–H and O–H groups in total. The first-order valence-corrected chi connectivity index (χ1v) is 11.4. The first-order valence-electron chi connectivity index (χ1n) is 9.82. The van der Waals surface area contributed by atoms with Gasteiger partial charge in [-0.2, -0.15) is 4.31 Å². The van der Waals surface area contributed by atoms with Crippen LogP contribution in [0.4, 0.5) is 0 Å². The van der Waals surface area contributed by atoms with Crippen LogP contribution in [-0.2, 0) is 21.9 Å². The van der Waals surface area contributed by atoms with Crippen molar-refractivity contribution in [3.05, 3.63) is 28.2 Å². The number of Topliss-reactive ketones (excluding diaryl/α,β-unsaturated/α-hetero) is 1. The Kier molecular flexibility index (Phi) is 4.32. The van der Waals surface area contributed by atoms with Crippen molar-refractivity contribution < 1.29 is 17.9 Å². The lowest BCUT2D eigenvalue weighted by Crippen LogP contribution is -2.58. The van der Waals surface area contributed by atoms with Crippen LogP contribution in [0, 0.1) is 23.7 Å². The van der Waals surface area contributed by atoms with Gasteiger partial charge in [-0.3, -0.25) is 9.59 Å². The van der Waals surface area contributed by atoms with E-state index in [1.54, 1.807) is 13.1 Å². The summed E-state index contributed by atoms with van der Waals surface area (Å²) in [6, 6.07) is 3.19. The third-order valence-corrected chi connectivity index (χ3v) is 9.50. The molecule has 2 aliphatic carbocycles. The van der Waals surface area contributed by atoms with Crippen molar-refractivity contribution in [3.8, 4) is 5.75 Å². The molecule has 1 saturated heterocycles. The van der Waals surface area contributed by atoms with Gasteiger partial charge in [-0.25, -0.2) is 8.42 Å². The van der Waals surface area contributed by atoms with Crippen LogP contribution in [0.25, 0.3) is 0 Å². The highest BCUT2D eigenvalue weighted by Gasteiger charge is 2.65. The molecule has 1 aliphatic heterocycles. The van der Waals surface area contributed by atoms with E-state index in [1.807, 2.05) is 20.8 Å². The standard InChI is InChI=1S/C20H28N2O5S/c1-13-7-15(9-18(24)21(13)4)27-16-10-22(11-16)28(25,26)12-20-6-5-14(8-17(20)23)19(20,2)3/h7,9,14,16H,5-6,8,10-12H2,1-4H3/t14-,20-/m0/s1. The Balaban J connectivity index is 1.43. The van der Waals surface area contributed by atoms with Gasteiger partial charge in [0.15, 0.2) is 0 Å². The van der Waals surface area contributed by atoms with Gasteiger partial charge in [0.25, 0.3) is 5.56 Å². The first kappa shape index (κ1) is 19.6. The number of pyridine rings is 1. The van der Waals surface area contributed by atoms with Crippen LogP contribution in [-0.4, -0.2) is 48.0 Å². The SMILES string of the molecule is Cc1cc(OC2CN(S(=O)(=O)C[C@@]34CC[C@@H](CC3=O)C4(C)C)C2)cc(=O)n1C. The molecule has 0 radical (unpaired) electrons. The zero-order valence-electron chi connectivity index (χ0n) is 16.9. The largest absolute Gasteiger partial charge is 0.487 e. The van der Waals surface area contributed by atoms with E-state index in [9.17, 15) is 18.0 Å². The summed E-state index contributed by atoms with van der Waals surface area (Å²) in [6.07, 6.45) is 1.84. The molecular formula is C20H28N2O5S. The van der Waals surface area contributed by atoms with Crippen LogP contribution in [0.5, 0.6) is 5.75 Å². The van der Waals surface area contributed by atoms with Gasteiger partial charge >= 0.3 is 0 Å². The van der Waals surface area contributed by atoms with Gasteiger partial charge in [-0.15, -0.1) is 0 Å². The quantitative estimate of drug-likeness (QED) is 0.737. The summed E-state index contributed by atoms with van der Waals surface area (Å²) in [5, 5.41) is 0. The number of carbonyl (C=O) groups is 1. The Hall–Kier alpha value is -1.67. The van der Waals surface area contributed by atoms with Crippen molar-refractivity contribution in [2.24, 2.45) is 23.8 Å². The summed E-state index contributed by atoms with van der Waals surface area (Å²) in [5.41, 5.74) is -0.385. The molecule has 2 heterocycles. The summed E-state index contributed by atoms with van der Waals surface area (Å²) in [6.45, 7) is 6.42. The zero-order valence-corrected chi connectivity index (χ0v) is 17.7. The summed E-state index contributed by atoms with van der Waals surface area (Å²) in [7, 11) is -1.84. The molecular weight excluding hydrogens is 380 g/mol. The fourth-order valence-electron chi connectivity index (χ4n) is 5.21. The lowest BCUT2D eigenvalue weighted by molar-refractivity contribution is -0.128. The predicted molar refractivity (Wildman–Crippen MR) is 105 cm³/mol. The van der Waals surface area contributed by atoms with Gasteiger partial charge in [0.05, 0.1) is 18.8 Å². The Morgan fingerprint density at radius 1 is 1.21 bits per heavy atom. The molecule has 0 amide bonds. The van der Waals surface area contributed by atoms with E-state index in [4.69, 9.17) is 4.74 Å². The predicted octanol–water partition coefficient (Wildman–Crippen LogP) is 1.48. The van der Waals surface area contributed by atoms with Crippen molar-refractivity contribution in [1.82, 2.24) is 8.87 Å². The molecule has 0 unspecified atom stereocenters. The fourth-order valence-corrected chi connectivity index (χ4v) is 7.48. The number of sulfonamides is 1. The molecule has 2 bridgehead atoms. The monoisotopic (exact) mass is 408 g/mol. The van der Waals surface area contributed by atoms with Crippen LogP contribution < -0.4 is 10.3 Å². The number of aromatic nitrogens is 1. The van der Waals surface area contributed by atoms with E-state index in [1.165, 1.54) is 14.9 Å². The third kappa shape index (κ3) is 2.76. The molecule has 3 aliphatic rings. The number of nitrogens with zero attached hydrogens (tertiary/aromatic N) is 2. The molecule has 3 fully saturated rings. The molecule has 0 spiro atoms. The number of hydrogen-bond donors (Lipinski definition) is 0. The molecule has 1 aromatic heterocycles. The molecule has 4 rings (SSSR count). The van der Waals surface area contributed by atoms with Gasteiger partial charge in [0.1, 0.15) is 17.6 Å². The van der Waals surface area contributed by atoms with Crippen LogP contribution >= 0.6 is 0 Å². The van der Waals surface area contributed by atoms with Crippen molar-refractivity contribution in [2.75, 3.05) is 18.8 Å². The summed E-state index contributed by atoms with van der Waals surface area (Å²) in [5.74, 6) is 0.778. The van der Waals surface area contributed by atoms with E-state index in [-0.39, 0.29) is 41.7 Å². The molecule has 2 atom stereocenters. The number of aryl methyl sites for hydroxylation is 1. The summed E-state index contributed by atoms with van der Waals surface area (Å²) in [4.78, 5) is 24.5. The second-order valence-electron chi connectivity index (χ2n) is 9.21. The second kappa shape index (κ2) is 6.16. The molecule has 154 valence electrons. The lowest BCUT2D eigenvalue weighted by Gasteiger charge is -2.42. The Bertz CT molecular complexity index is 990. The van der Waals surface area contributed by atoms with E-state index >= 15 is 0 Å². The molecule has 1 aromatic rings. The average molecular weight is 409 g/mol. The fraction of sp³-hybridized carbons (Fsp3) is 0.700. The molecule has 2 saturated carbocycles. The Labute approximate surface area is 165 Å². The van der Waals surface area contributed by atoms with Crippen molar-refractivity contribution in [2.45, 2.75) is 46.1 Å². The highest BCUT2D eigenvalue weighted by atomic mass is 32.2. The van der Waals surface area contributed by atoms with Crippen molar-refractivity contribution in [3.63, 3.8) is 0 Å². The van der Waals surface area contributed by atoms with E-state index in [0.29, 0.717) is 24.5 Å².